The minimum Gasteiger partial charge on any atom is -0.477 e. The van der Waals surface area contributed by atoms with Crippen molar-refractivity contribution in [2.24, 2.45) is 0 Å². The van der Waals surface area contributed by atoms with E-state index in [-0.39, 0.29) is 11.2 Å². The highest BCUT2D eigenvalue weighted by atomic mass is 16.4. The Kier molecular flexibility index (Phi) is 2.74. The lowest BCUT2D eigenvalue weighted by molar-refractivity contribution is 0.0690. The van der Waals surface area contributed by atoms with Crippen LogP contribution in [0.2, 0.25) is 0 Å². The average molecular weight is 194 g/mol. The Morgan fingerprint density at radius 3 is 2.57 bits per heavy atom. The fraction of sp³-hybridized carbons (Fsp3) is 0.400. The Hall–Kier alpha value is -1.58. The molecule has 76 valence electrons. The first kappa shape index (κ1) is 10.5. The van der Waals surface area contributed by atoms with Gasteiger partial charge in [-0.1, -0.05) is 6.07 Å². The predicted octanol–water partition coefficient (Wildman–Crippen LogP) is 1.99. The summed E-state index contributed by atoms with van der Waals surface area (Å²) in [5.41, 5.74) is -0.0660. The third kappa shape index (κ3) is 3.05. The molecule has 1 aromatic heterocycles. The highest BCUT2D eigenvalue weighted by Gasteiger charge is 2.11. The Balaban J connectivity index is 2.89. The van der Waals surface area contributed by atoms with Crippen LogP contribution in [-0.4, -0.2) is 21.6 Å². The normalized spacial score (nSPS) is 11.1. The van der Waals surface area contributed by atoms with Crippen LogP contribution in [0.5, 0.6) is 0 Å². The molecule has 0 bridgehead atoms. The zero-order chi connectivity index (χ0) is 10.8. The smallest absolute Gasteiger partial charge is 0.354 e. The van der Waals surface area contributed by atoms with Gasteiger partial charge < -0.3 is 10.4 Å². The third-order valence-electron chi connectivity index (χ3n) is 1.47. The first-order valence-corrected chi connectivity index (χ1v) is 4.37. The number of anilines is 1. The largest absolute Gasteiger partial charge is 0.477 e. The molecular weight excluding hydrogens is 180 g/mol. The quantitative estimate of drug-likeness (QED) is 0.755. The van der Waals surface area contributed by atoms with E-state index in [4.69, 9.17) is 5.11 Å². The summed E-state index contributed by atoms with van der Waals surface area (Å²) in [7, 11) is 0. The van der Waals surface area contributed by atoms with Crippen LogP contribution in [0.15, 0.2) is 18.2 Å². The molecule has 0 amide bonds. The minimum atomic E-state index is -1.01. The van der Waals surface area contributed by atoms with E-state index < -0.39 is 5.97 Å². The molecule has 0 saturated heterocycles. The van der Waals surface area contributed by atoms with Crippen LogP contribution < -0.4 is 5.32 Å². The van der Waals surface area contributed by atoms with E-state index in [1.807, 2.05) is 20.8 Å². The summed E-state index contributed by atoms with van der Waals surface area (Å²) < 4.78 is 0. The summed E-state index contributed by atoms with van der Waals surface area (Å²) in [5.74, 6) is -0.431. The minimum absolute atomic E-state index is 0.0549. The third-order valence-corrected chi connectivity index (χ3v) is 1.47. The maximum atomic E-state index is 10.6. The first-order valence-electron chi connectivity index (χ1n) is 4.37. The molecule has 0 aliphatic heterocycles. The highest BCUT2D eigenvalue weighted by molar-refractivity contribution is 5.85. The molecule has 0 radical (unpaired) electrons. The Bertz CT molecular complexity index is 342. The Morgan fingerprint density at radius 2 is 2.07 bits per heavy atom. The molecule has 0 saturated carbocycles. The van der Waals surface area contributed by atoms with E-state index in [0.29, 0.717) is 5.82 Å². The van der Waals surface area contributed by atoms with Gasteiger partial charge in [0.2, 0.25) is 0 Å². The zero-order valence-corrected chi connectivity index (χ0v) is 8.53. The average Bonchev–Trinajstić information content (AvgIpc) is 2.01. The second kappa shape index (κ2) is 3.65. The number of nitrogens with one attached hydrogen (secondary N) is 1. The van der Waals surface area contributed by atoms with Gasteiger partial charge in [0.1, 0.15) is 5.82 Å². The second-order valence-electron chi connectivity index (χ2n) is 4.09. The van der Waals surface area contributed by atoms with Crippen molar-refractivity contribution >= 4 is 11.8 Å². The van der Waals surface area contributed by atoms with Crippen LogP contribution in [0.25, 0.3) is 0 Å². The van der Waals surface area contributed by atoms with E-state index in [2.05, 4.69) is 10.3 Å². The van der Waals surface area contributed by atoms with Crippen molar-refractivity contribution in [2.75, 3.05) is 5.32 Å². The fourth-order valence-electron chi connectivity index (χ4n) is 1.01. The van der Waals surface area contributed by atoms with Crippen LogP contribution in [0.1, 0.15) is 31.3 Å². The van der Waals surface area contributed by atoms with E-state index in [1.165, 1.54) is 6.07 Å². The van der Waals surface area contributed by atoms with Crippen LogP contribution in [0, 0.1) is 0 Å². The Labute approximate surface area is 83.0 Å². The van der Waals surface area contributed by atoms with Gasteiger partial charge >= 0.3 is 5.97 Å². The Morgan fingerprint density at radius 1 is 1.43 bits per heavy atom. The molecule has 4 nitrogen and oxygen atoms in total. The molecule has 0 fully saturated rings. The molecule has 1 heterocycles. The molecule has 0 spiro atoms. The zero-order valence-electron chi connectivity index (χ0n) is 8.53. The number of aromatic nitrogens is 1. The topological polar surface area (TPSA) is 62.2 Å². The molecule has 0 aliphatic rings. The van der Waals surface area contributed by atoms with Gasteiger partial charge in [0, 0.05) is 5.54 Å². The highest BCUT2D eigenvalue weighted by Crippen LogP contribution is 2.12. The van der Waals surface area contributed by atoms with Crippen molar-refractivity contribution in [3.8, 4) is 0 Å². The standard InChI is InChI=1S/C10H14N2O2/c1-10(2,3)12-8-6-4-5-7(11-8)9(13)14/h4-6H,1-3H3,(H,11,12)(H,13,14). The molecule has 4 heteroatoms. The van der Waals surface area contributed by atoms with Crippen molar-refractivity contribution in [1.82, 2.24) is 4.98 Å². The molecule has 1 aromatic rings. The number of rotatable bonds is 2. The van der Waals surface area contributed by atoms with E-state index in [0.717, 1.165) is 0 Å². The van der Waals surface area contributed by atoms with Crippen LogP contribution in [0.4, 0.5) is 5.82 Å². The summed E-state index contributed by atoms with van der Waals surface area (Å²) >= 11 is 0. The number of carboxylic acids is 1. The monoisotopic (exact) mass is 194 g/mol. The van der Waals surface area contributed by atoms with Crippen LogP contribution >= 0.6 is 0 Å². The van der Waals surface area contributed by atoms with Gasteiger partial charge in [-0.3, -0.25) is 0 Å². The van der Waals surface area contributed by atoms with Gasteiger partial charge in [0.15, 0.2) is 5.69 Å². The van der Waals surface area contributed by atoms with Gasteiger partial charge in [-0.2, -0.15) is 0 Å². The molecule has 14 heavy (non-hydrogen) atoms. The van der Waals surface area contributed by atoms with Gasteiger partial charge in [0.05, 0.1) is 0 Å². The number of pyridine rings is 1. The number of hydrogen-bond acceptors (Lipinski definition) is 3. The lowest BCUT2D eigenvalue weighted by Gasteiger charge is -2.21. The number of hydrogen-bond donors (Lipinski definition) is 2. The lowest BCUT2D eigenvalue weighted by Crippen LogP contribution is -2.26. The molecule has 1 rings (SSSR count). The van der Waals surface area contributed by atoms with Crippen LogP contribution in [0.3, 0.4) is 0 Å². The SMILES string of the molecule is CC(C)(C)Nc1cccc(C(=O)O)n1. The fourth-order valence-corrected chi connectivity index (χ4v) is 1.01. The summed E-state index contributed by atoms with van der Waals surface area (Å²) in [5, 5.41) is 11.8. The van der Waals surface area contributed by atoms with E-state index >= 15 is 0 Å². The summed E-state index contributed by atoms with van der Waals surface area (Å²) in [6.45, 7) is 5.96. The summed E-state index contributed by atoms with van der Waals surface area (Å²) in [4.78, 5) is 14.6. The van der Waals surface area contributed by atoms with Crippen molar-refractivity contribution < 1.29 is 9.90 Å². The number of carbonyl (C=O) groups is 1. The molecule has 0 unspecified atom stereocenters. The number of aromatic carboxylic acids is 1. The number of carboxylic acid groups (broad SMARTS) is 1. The van der Waals surface area contributed by atoms with Crippen LogP contribution in [-0.2, 0) is 0 Å². The lowest BCUT2D eigenvalue weighted by atomic mass is 10.1. The number of nitrogens with zero attached hydrogens (tertiary/aromatic N) is 1. The van der Waals surface area contributed by atoms with Gasteiger partial charge in [-0.25, -0.2) is 9.78 Å². The van der Waals surface area contributed by atoms with E-state index in [9.17, 15) is 4.79 Å². The molecular formula is C10H14N2O2. The van der Waals surface area contributed by atoms with Gasteiger partial charge in [0.25, 0.3) is 0 Å². The maximum Gasteiger partial charge on any atom is 0.354 e. The maximum absolute atomic E-state index is 10.6. The molecule has 0 aromatic carbocycles. The van der Waals surface area contributed by atoms with Gasteiger partial charge in [-0.05, 0) is 32.9 Å². The predicted molar refractivity (Wildman–Crippen MR) is 54.6 cm³/mol. The first-order chi connectivity index (χ1) is 6.38. The summed E-state index contributed by atoms with van der Waals surface area (Å²) in [6.07, 6.45) is 0. The van der Waals surface area contributed by atoms with Crippen molar-refractivity contribution in [1.29, 1.82) is 0 Å². The van der Waals surface area contributed by atoms with Crippen molar-refractivity contribution in [2.45, 2.75) is 26.3 Å². The molecule has 2 N–H and O–H groups in total. The van der Waals surface area contributed by atoms with Crippen molar-refractivity contribution in [3.05, 3.63) is 23.9 Å². The van der Waals surface area contributed by atoms with E-state index in [1.54, 1.807) is 12.1 Å². The molecule has 0 atom stereocenters. The second-order valence-corrected chi connectivity index (χ2v) is 4.09. The van der Waals surface area contributed by atoms with Crippen molar-refractivity contribution in [3.63, 3.8) is 0 Å². The van der Waals surface area contributed by atoms with Gasteiger partial charge in [-0.15, -0.1) is 0 Å². The molecule has 0 aliphatic carbocycles. The summed E-state index contributed by atoms with van der Waals surface area (Å²) in [6, 6.07) is 4.89.